The van der Waals surface area contributed by atoms with Gasteiger partial charge >= 0.3 is 0 Å². The first-order valence-corrected chi connectivity index (χ1v) is 9.31. The largest absolute Gasteiger partial charge is 0.508 e. The maximum atomic E-state index is 12.6. The van der Waals surface area contributed by atoms with E-state index in [0.717, 1.165) is 5.56 Å². The van der Waals surface area contributed by atoms with E-state index in [1.807, 2.05) is 37.3 Å². The minimum atomic E-state index is -3.62. The second-order valence-electron chi connectivity index (χ2n) is 5.64. The zero-order valence-electron chi connectivity index (χ0n) is 13.7. The molecule has 0 saturated carbocycles. The number of ether oxygens (including phenoxy) is 1. The molecule has 0 heterocycles. The van der Waals surface area contributed by atoms with E-state index in [1.165, 1.54) is 36.4 Å². The quantitative estimate of drug-likeness (QED) is 0.739. The van der Waals surface area contributed by atoms with Gasteiger partial charge in [0.1, 0.15) is 17.6 Å². The van der Waals surface area contributed by atoms with E-state index in [4.69, 9.17) is 4.74 Å². The number of sulfone groups is 1. The third-order valence-electron chi connectivity index (χ3n) is 3.86. The van der Waals surface area contributed by atoms with Crippen LogP contribution < -0.4 is 4.74 Å². The van der Waals surface area contributed by atoms with Gasteiger partial charge in [-0.3, -0.25) is 0 Å². The first-order chi connectivity index (χ1) is 12.0. The van der Waals surface area contributed by atoms with E-state index in [2.05, 4.69) is 0 Å². The summed E-state index contributed by atoms with van der Waals surface area (Å²) in [5.41, 5.74) is 1.04. The highest BCUT2D eigenvalue weighted by atomic mass is 32.2. The van der Waals surface area contributed by atoms with Crippen molar-refractivity contribution in [2.75, 3.05) is 0 Å². The van der Waals surface area contributed by atoms with Gasteiger partial charge in [-0.25, -0.2) is 8.42 Å². The Hall–Kier alpha value is -2.79. The van der Waals surface area contributed by atoms with Gasteiger partial charge in [-0.05, 0) is 61.0 Å². The van der Waals surface area contributed by atoms with E-state index >= 15 is 0 Å². The average Bonchev–Trinajstić information content (AvgIpc) is 2.63. The minimum absolute atomic E-state index is 0.0256. The Balaban J connectivity index is 1.79. The predicted octanol–water partition coefficient (Wildman–Crippen LogP) is 4.37. The molecule has 0 aliphatic carbocycles. The molecular weight excluding hydrogens is 336 g/mol. The molecule has 1 atom stereocenters. The van der Waals surface area contributed by atoms with Gasteiger partial charge in [-0.1, -0.05) is 30.3 Å². The van der Waals surface area contributed by atoms with Crippen LogP contribution >= 0.6 is 0 Å². The lowest BCUT2D eigenvalue weighted by Gasteiger charge is -2.15. The molecule has 0 aliphatic heterocycles. The number of hydrogen-bond donors (Lipinski definition) is 1. The van der Waals surface area contributed by atoms with Gasteiger partial charge in [-0.2, -0.15) is 0 Å². The van der Waals surface area contributed by atoms with Crippen molar-refractivity contribution in [2.24, 2.45) is 0 Å². The number of rotatable bonds is 5. The Labute approximate surface area is 147 Å². The molecule has 5 heteroatoms. The Kier molecular flexibility index (Phi) is 4.76. The van der Waals surface area contributed by atoms with Gasteiger partial charge in [0.25, 0.3) is 0 Å². The molecule has 0 amide bonds. The molecule has 3 aromatic rings. The smallest absolute Gasteiger partial charge is 0.206 e. The first kappa shape index (κ1) is 17.0. The summed E-state index contributed by atoms with van der Waals surface area (Å²) in [6, 6.07) is 21.6. The summed E-state index contributed by atoms with van der Waals surface area (Å²) in [6.07, 6.45) is -0.138. The molecule has 3 aromatic carbocycles. The lowest BCUT2D eigenvalue weighted by atomic mass is 10.1. The number of phenolic OH excluding ortho intramolecular Hbond substituents is 1. The van der Waals surface area contributed by atoms with Crippen LogP contribution in [-0.2, 0) is 9.84 Å². The number of benzene rings is 3. The van der Waals surface area contributed by atoms with Crippen molar-refractivity contribution in [1.82, 2.24) is 0 Å². The van der Waals surface area contributed by atoms with Crippen molar-refractivity contribution in [3.05, 3.63) is 84.4 Å². The molecule has 4 nitrogen and oxygen atoms in total. The second kappa shape index (κ2) is 6.99. The molecule has 0 radical (unpaired) electrons. The van der Waals surface area contributed by atoms with Gasteiger partial charge in [-0.15, -0.1) is 0 Å². The number of phenols is 1. The molecule has 0 aliphatic rings. The van der Waals surface area contributed by atoms with Crippen molar-refractivity contribution in [3.8, 4) is 11.5 Å². The molecule has 0 bridgehead atoms. The summed E-state index contributed by atoms with van der Waals surface area (Å²) in [5.74, 6) is 0.624. The lowest BCUT2D eigenvalue weighted by Crippen LogP contribution is -2.04. The van der Waals surface area contributed by atoms with Crippen molar-refractivity contribution < 1.29 is 18.3 Å². The number of aromatic hydroxyl groups is 1. The van der Waals surface area contributed by atoms with E-state index in [-0.39, 0.29) is 21.6 Å². The van der Waals surface area contributed by atoms with Crippen LogP contribution in [0.5, 0.6) is 11.5 Å². The van der Waals surface area contributed by atoms with Crippen LogP contribution in [0.2, 0.25) is 0 Å². The Morgan fingerprint density at radius 3 is 1.88 bits per heavy atom. The van der Waals surface area contributed by atoms with Gasteiger partial charge in [0.05, 0.1) is 9.79 Å². The molecule has 0 saturated heterocycles. The zero-order chi connectivity index (χ0) is 17.9. The van der Waals surface area contributed by atoms with Gasteiger partial charge in [0, 0.05) is 0 Å². The van der Waals surface area contributed by atoms with Gasteiger partial charge in [0.2, 0.25) is 9.84 Å². The van der Waals surface area contributed by atoms with Crippen LogP contribution in [0.25, 0.3) is 0 Å². The highest BCUT2D eigenvalue weighted by molar-refractivity contribution is 7.91. The number of hydrogen-bond acceptors (Lipinski definition) is 4. The average molecular weight is 354 g/mol. The topological polar surface area (TPSA) is 63.6 Å². The van der Waals surface area contributed by atoms with E-state index < -0.39 is 9.84 Å². The summed E-state index contributed by atoms with van der Waals surface area (Å²) in [6.45, 7) is 1.94. The molecule has 0 aromatic heterocycles. The summed E-state index contributed by atoms with van der Waals surface area (Å²) < 4.78 is 31.0. The molecule has 0 fully saturated rings. The molecular formula is C20H18O4S. The van der Waals surface area contributed by atoms with Crippen LogP contribution in [0.1, 0.15) is 18.6 Å². The molecule has 25 heavy (non-hydrogen) atoms. The van der Waals surface area contributed by atoms with Crippen LogP contribution in [0, 0.1) is 0 Å². The predicted molar refractivity (Wildman–Crippen MR) is 95.5 cm³/mol. The van der Waals surface area contributed by atoms with Crippen molar-refractivity contribution >= 4 is 9.84 Å². The normalized spacial score (nSPS) is 12.5. The standard InChI is InChI=1S/C20H18O4S/c1-15(16-5-3-2-4-6-16)24-18-9-13-20(14-10-18)25(22,23)19-11-7-17(21)8-12-19/h2-15,21H,1H3. The third kappa shape index (κ3) is 3.83. The van der Waals surface area contributed by atoms with Crippen molar-refractivity contribution in [2.45, 2.75) is 22.8 Å². The second-order valence-corrected chi connectivity index (χ2v) is 7.59. The maximum Gasteiger partial charge on any atom is 0.206 e. The molecule has 0 spiro atoms. The monoisotopic (exact) mass is 354 g/mol. The van der Waals surface area contributed by atoms with Gasteiger partial charge < -0.3 is 9.84 Å². The summed E-state index contributed by atoms with van der Waals surface area (Å²) in [5, 5.41) is 9.30. The summed E-state index contributed by atoms with van der Waals surface area (Å²) in [7, 11) is -3.62. The first-order valence-electron chi connectivity index (χ1n) is 7.82. The third-order valence-corrected chi connectivity index (χ3v) is 5.65. The molecule has 1 unspecified atom stereocenters. The molecule has 128 valence electrons. The van der Waals surface area contributed by atoms with E-state index in [1.54, 1.807) is 12.1 Å². The van der Waals surface area contributed by atoms with Crippen molar-refractivity contribution in [3.63, 3.8) is 0 Å². The molecule has 1 N–H and O–H groups in total. The van der Waals surface area contributed by atoms with Crippen LogP contribution in [0.4, 0.5) is 0 Å². The van der Waals surface area contributed by atoms with Crippen LogP contribution in [0.15, 0.2) is 88.7 Å². The minimum Gasteiger partial charge on any atom is -0.508 e. The van der Waals surface area contributed by atoms with Crippen LogP contribution in [0.3, 0.4) is 0 Å². The van der Waals surface area contributed by atoms with E-state index in [0.29, 0.717) is 5.75 Å². The summed E-state index contributed by atoms with van der Waals surface area (Å²) in [4.78, 5) is 0.314. The fourth-order valence-corrected chi connectivity index (χ4v) is 3.72. The van der Waals surface area contributed by atoms with E-state index in [9.17, 15) is 13.5 Å². The molecule has 3 rings (SSSR count). The summed E-state index contributed by atoms with van der Waals surface area (Å²) >= 11 is 0. The van der Waals surface area contributed by atoms with Gasteiger partial charge in [0.15, 0.2) is 0 Å². The fraction of sp³-hybridized carbons (Fsp3) is 0.100. The van der Waals surface area contributed by atoms with Crippen LogP contribution in [-0.4, -0.2) is 13.5 Å². The Morgan fingerprint density at radius 2 is 1.32 bits per heavy atom. The highest BCUT2D eigenvalue weighted by Crippen LogP contribution is 2.26. The zero-order valence-corrected chi connectivity index (χ0v) is 14.5. The fourth-order valence-electron chi connectivity index (χ4n) is 2.45. The maximum absolute atomic E-state index is 12.6. The lowest BCUT2D eigenvalue weighted by molar-refractivity contribution is 0.227. The SMILES string of the molecule is CC(Oc1ccc(S(=O)(=O)c2ccc(O)cc2)cc1)c1ccccc1. The Morgan fingerprint density at radius 1 is 0.800 bits per heavy atom. The Bertz CT molecular complexity index is 931. The highest BCUT2D eigenvalue weighted by Gasteiger charge is 2.17. The van der Waals surface area contributed by atoms with Crippen molar-refractivity contribution in [1.29, 1.82) is 0 Å².